The van der Waals surface area contributed by atoms with Gasteiger partial charge in [-0.25, -0.2) is 0 Å². The molecule has 0 aliphatic carbocycles. The van der Waals surface area contributed by atoms with Crippen LogP contribution in [0.3, 0.4) is 0 Å². The molecule has 2 atom stereocenters. The quantitative estimate of drug-likeness (QED) is 0.540. The minimum absolute atomic E-state index is 0.895. The fourth-order valence-corrected chi connectivity index (χ4v) is 5.35. The van der Waals surface area contributed by atoms with Gasteiger partial charge >= 0.3 is 0 Å². The van der Waals surface area contributed by atoms with E-state index in [9.17, 15) is 0 Å². The summed E-state index contributed by atoms with van der Waals surface area (Å²) in [5, 5.41) is 3.50. The molecule has 3 aliphatic heterocycles. The number of hydrogen-bond acceptors (Lipinski definition) is 3. The first-order valence-corrected chi connectivity index (χ1v) is 13.8. The molecule has 0 aromatic heterocycles. The fraction of sp³-hybridized carbons (Fsp3) is 1.00. The van der Waals surface area contributed by atoms with Crippen LogP contribution in [0.15, 0.2) is 0 Å². The molecule has 0 saturated carbocycles. The molecular formula is C27H59N3. The van der Waals surface area contributed by atoms with Gasteiger partial charge in [0, 0.05) is 19.6 Å². The third-order valence-electron chi connectivity index (χ3n) is 6.62. The maximum absolute atomic E-state index is 3.50. The molecule has 0 amide bonds. The SMILES string of the molecule is CC.CC.CCC.CCN1CC(C)CC(CN2CCC(CC3CCNCC3)CC2)C1. The van der Waals surface area contributed by atoms with Crippen LogP contribution in [0.5, 0.6) is 0 Å². The molecule has 2 unspecified atom stereocenters. The Balaban J connectivity index is 0.00000108. The van der Waals surface area contributed by atoms with Gasteiger partial charge in [-0.15, -0.1) is 0 Å². The van der Waals surface area contributed by atoms with Crippen LogP contribution in [-0.4, -0.2) is 62.2 Å². The molecule has 3 rings (SSSR count). The zero-order valence-electron chi connectivity index (χ0n) is 22.3. The van der Waals surface area contributed by atoms with Crippen LogP contribution < -0.4 is 5.32 Å². The van der Waals surface area contributed by atoms with Gasteiger partial charge in [-0.2, -0.15) is 0 Å². The van der Waals surface area contributed by atoms with E-state index in [-0.39, 0.29) is 0 Å². The highest BCUT2D eigenvalue weighted by Crippen LogP contribution is 2.29. The van der Waals surface area contributed by atoms with Crippen LogP contribution in [0.2, 0.25) is 0 Å². The number of piperidine rings is 3. The van der Waals surface area contributed by atoms with E-state index >= 15 is 0 Å². The summed E-state index contributed by atoms with van der Waals surface area (Å²) >= 11 is 0. The van der Waals surface area contributed by atoms with Gasteiger partial charge in [-0.1, -0.05) is 61.8 Å². The Morgan fingerprint density at radius 2 is 1.27 bits per heavy atom. The van der Waals surface area contributed by atoms with Crippen molar-refractivity contribution in [2.24, 2.45) is 23.7 Å². The monoisotopic (exact) mass is 425 g/mol. The van der Waals surface area contributed by atoms with Crippen LogP contribution >= 0.6 is 0 Å². The first-order valence-electron chi connectivity index (χ1n) is 13.8. The van der Waals surface area contributed by atoms with Crippen LogP contribution in [0, 0.1) is 23.7 Å². The summed E-state index contributed by atoms with van der Waals surface area (Å²) < 4.78 is 0. The minimum atomic E-state index is 0.895. The molecule has 3 heteroatoms. The second kappa shape index (κ2) is 19.6. The molecule has 1 N–H and O–H groups in total. The minimum Gasteiger partial charge on any atom is -0.317 e. The van der Waals surface area contributed by atoms with Gasteiger partial charge < -0.3 is 15.1 Å². The van der Waals surface area contributed by atoms with E-state index in [0.717, 1.165) is 23.7 Å². The summed E-state index contributed by atoms with van der Waals surface area (Å²) in [6.45, 7) is 27.5. The highest BCUT2D eigenvalue weighted by Gasteiger charge is 2.28. The second-order valence-electron chi connectivity index (χ2n) is 9.44. The predicted octanol–water partition coefficient (Wildman–Crippen LogP) is 6.53. The number of likely N-dealkylation sites (tertiary alicyclic amines) is 2. The molecule has 3 fully saturated rings. The van der Waals surface area contributed by atoms with Crippen LogP contribution in [0.1, 0.15) is 100 Å². The molecule has 3 aliphatic rings. The molecule has 0 radical (unpaired) electrons. The largest absolute Gasteiger partial charge is 0.317 e. The molecular weight excluding hydrogens is 366 g/mol. The van der Waals surface area contributed by atoms with E-state index in [1.807, 2.05) is 27.7 Å². The van der Waals surface area contributed by atoms with Crippen LogP contribution in [0.4, 0.5) is 0 Å². The predicted molar refractivity (Wildman–Crippen MR) is 137 cm³/mol. The second-order valence-corrected chi connectivity index (χ2v) is 9.44. The summed E-state index contributed by atoms with van der Waals surface area (Å²) in [5.74, 6) is 3.85. The molecule has 0 spiro atoms. The zero-order chi connectivity index (χ0) is 22.8. The maximum Gasteiger partial charge on any atom is 0.00220 e. The number of nitrogens with one attached hydrogen (secondary N) is 1. The summed E-state index contributed by atoms with van der Waals surface area (Å²) in [5.41, 5.74) is 0. The highest BCUT2D eigenvalue weighted by molar-refractivity contribution is 4.82. The lowest BCUT2D eigenvalue weighted by Crippen LogP contribution is -2.45. The van der Waals surface area contributed by atoms with Crippen molar-refractivity contribution in [2.45, 2.75) is 100 Å². The van der Waals surface area contributed by atoms with E-state index < -0.39 is 0 Å². The molecule has 30 heavy (non-hydrogen) atoms. The summed E-state index contributed by atoms with van der Waals surface area (Å²) in [6, 6.07) is 0. The molecule has 3 heterocycles. The van der Waals surface area contributed by atoms with Gasteiger partial charge in [0.1, 0.15) is 0 Å². The van der Waals surface area contributed by atoms with E-state index in [4.69, 9.17) is 0 Å². The number of hydrogen-bond donors (Lipinski definition) is 1. The van der Waals surface area contributed by atoms with Gasteiger partial charge in [-0.3, -0.25) is 0 Å². The van der Waals surface area contributed by atoms with Gasteiger partial charge in [-0.05, 0) is 94.9 Å². The smallest absolute Gasteiger partial charge is 0.00220 e. The average Bonchev–Trinajstić information content (AvgIpc) is 2.79. The Morgan fingerprint density at radius 3 is 1.80 bits per heavy atom. The summed E-state index contributed by atoms with van der Waals surface area (Å²) in [7, 11) is 0. The van der Waals surface area contributed by atoms with Gasteiger partial charge in [0.25, 0.3) is 0 Å². The van der Waals surface area contributed by atoms with Gasteiger partial charge in [0.15, 0.2) is 0 Å². The van der Waals surface area contributed by atoms with Gasteiger partial charge in [0.2, 0.25) is 0 Å². The molecule has 182 valence electrons. The Kier molecular flexibility index (Phi) is 19.5. The summed E-state index contributed by atoms with van der Waals surface area (Å²) in [6.07, 6.45) is 9.98. The van der Waals surface area contributed by atoms with Crippen molar-refractivity contribution in [3.63, 3.8) is 0 Å². The van der Waals surface area contributed by atoms with E-state index in [2.05, 4.69) is 42.8 Å². The standard InChI is InChI=1S/C20H39N3.C3H8.2C2H6/c1-3-22-14-17(2)12-20(15-22)16-23-10-6-19(7-11-23)13-18-4-8-21-9-5-18;1-3-2;2*1-2/h17-21H,3-16H2,1-2H3;3H2,1-2H3;2*1-2H3. The summed E-state index contributed by atoms with van der Waals surface area (Å²) in [4.78, 5) is 5.46. The third-order valence-corrected chi connectivity index (χ3v) is 6.62. The Labute approximate surface area is 191 Å². The molecule has 3 saturated heterocycles. The van der Waals surface area contributed by atoms with Crippen molar-refractivity contribution in [3.05, 3.63) is 0 Å². The van der Waals surface area contributed by atoms with Crippen LogP contribution in [-0.2, 0) is 0 Å². The topological polar surface area (TPSA) is 18.5 Å². The average molecular weight is 426 g/mol. The molecule has 0 aromatic rings. The van der Waals surface area contributed by atoms with E-state index in [1.54, 1.807) is 0 Å². The first-order chi connectivity index (χ1) is 14.6. The van der Waals surface area contributed by atoms with Crippen molar-refractivity contribution in [3.8, 4) is 0 Å². The van der Waals surface area contributed by atoms with Crippen molar-refractivity contribution in [1.29, 1.82) is 0 Å². The fourth-order valence-electron chi connectivity index (χ4n) is 5.35. The lowest BCUT2D eigenvalue weighted by Gasteiger charge is -2.40. The van der Waals surface area contributed by atoms with E-state index in [0.29, 0.717) is 0 Å². The van der Waals surface area contributed by atoms with Gasteiger partial charge in [0.05, 0.1) is 0 Å². The molecule has 0 aromatic carbocycles. The van der Waals surface area contributed by atoms with E-state index in [1.165, 1.54) is 97.3 Å². The normalized spacial score (nSPS) is 26.4. The van der Waals surface area contributed by atoms with Crippen LogP contribution in [0.25, 0.3) is 0 Å². The number of nitrogens with zero attached hydrogens (tertiary/aromatic N) is 2. The van der Waals surface area contributed by atoms with Crippen molar-refractivity contribution >= 4 is 0 Å². The third kappa shape index (κ3) is 12.7. The Morgan fingerprint density at radius 1 is 0.733 bits per heavy atom. The van der Waals surface area contributed by atoms with Crippen molar-refractivity contribution < 1.29 is 0 Å². The Bertz CT molecular complexity index is 346. The van der Waals surface area contributed by atoms with Crippen molar-refractivity contribution in [2.75, 3.05) is 52.4 Å². The highest BCUT2D eigenvalue weighted by atomic mass is 15.2. The zero-order valence-corrected chi connectivity index (χ0v) is 22.3. The number of rotatable bonds is 5. The first kappa shape index (κ1) is 29.9. The molecule has 0 bridgehead atoms. The molecule has 3 nitrogen and oxygen atoms in total. The lowest BCUT2D eigenvalue weighted by atomic mass is 9.82. The maximum atomic E-state index is 3.50. The lowest BCUT2D eigenvalue weighted by molar-refractivity contribution is 0.0855. The van der Waals surface area contributed by atoms with Crippen molar-refractivity contribution in [1.82, 2.24) is 15.1 Å². The Hall–Kier alpha value is -0.120.